The van der Waals surface area contributed by atoms with Crippen molar-refractivity contribution in [1.82, 2.24) is 0 Å². The quantitative estimate of drug-likeness (QED) is 0.909. The smallest absolute Gasteiger partial charge is 0.230 e. The van der Waals surface area contributed by atoms with Gasteiger partial charge in [-0.15, -0.1) is 0 Å². The SMILES string of the molecule is CN1C(=O)CCOc2ccc(NC(=O)CCOc3ccccc3)cc21. The number of benzene rings is 2. The van der Waals surface area contributed by atoms with Gasteiger partial charge in [-0.25, -0.2) is 0 Å². The van der Waals surface area contributed by atoms with Crippen LogP contribution in [0.15, 0.2) is 48.5 Å². The number of para-hydroxylation sites is 1. The lowest BCUT2D eigenvalue weighted by atomic mass is 10.2. The molecule has 0 aliphatic carbocycles. The number of ether oxygens (including phenoxy) is 2. The summed E-state index contributed by atoms with van der Waals surface area (Å²) in [6.45, 7) is 0.654. The molecule has 25 heavy (non-hydrogen) atoms. The lowest BCUT2D eigenvalue weighted by Gasteiger charge is -2.17. The van der Waals surface area contributed by atoms with Gasteiger partial charge in [-0.05, 0) is 30.3 Å². The van der Waals surface area contributed by atoms with Crippen LogP contribution in [0.3, 0.4) is 0 Å². The van der Waals surface area contributed by atoms with Crippen LogP contribution < -0.4 is 19.7 Å². The maximum absolute atomic E-state index is 12.1. The molecule has 0 saturated heterocycles. The second kappa shape index (κ2) is 7.70. The number of nitrogens with zero attached hydrogens (tertiary/aromatic N) is 1. The maximum atomic E-state index is 12.1. The average Bonchev–Trinajstić information content (AvgIpc) is 2.75. The van der Waals surface area contributed by atoms with Crippen LogP contribution in [0, 0.1) is 0 Å². The van der Waals surface area contributed by atoms with E-state index in [2.05, 4.69) is 5.32 Å². The standard InChI is InChI=1S/C19H20N2O4/c1-21-16-13-14(7-8-17(16)25-12-10-19(21)23)20-18(22)9-11-24-15-5-3-2-4-6-15/h2-8,13H,9-12H2,1H3,(H,20,22). The minimum absolute atomic E-state index is 0.0153. The highest BCUT2D eigenvalue weighted by atomic mass is 16.5. The molecule has 1 N–H and O–H groups in total. The number of nitrogens with one attached hydrogen (secondary N) is 1. The molecule has 1 aliphatic rings. The lowest BCUT2D eigenvalue weighted by molar-refractivity contribution is -0.118. The van der Waals surface area contributed by atoms with E-state index < -0.39 is 0 Å². The zero-order chi connectivity index (χ0) is 17.6. The monoisotopic (exact) mass is 340 g/mol. The first-order valence-electron chi connectivity index (χ1n) is 8.14. The third kappa shape index (κ3) is 4.29. The fourth-order valence-corrected chi connectivity index (χ4v) is 2.53. The van der Waals surface area contributed by atoms with Crippen LogP contribution in [0.25, 0.3) is 0 Å². The van der Waals surface area contributed by atoms with Gasteiger partial charge in [0.1, 0.15) is 11.5 Å². The number of hydrogen-bond donors (Lipinski definition) is 1. The minimum atomic E-state index is -0.153. The van der Waals surface area contributed by atoms with E-state index in [4.69, 9.17) is 9.47 Å². The lowest BCUT2D eigenvalue weighted by Crippen LogP contribution is -2.25. The summed E-state index contributed by atoms with van der Waals surface area (Å²) in [5.41, 5.74) is 1.27. The van der Waals surface area contributed by atoms with Crippen molar-refractivity contribution < 1.29 is 19.1 Å². The van der Waals surface area contributed by atoms with Gasteiger partial charge in [0.2, 0.25) is 11.8 Å². The molecule has 0 fully saturated rings. The zero-order valence-corrected chi connectivity index (χ0v) is 14.0. The highest BCUT2D eigenvalue weighted by molar-refractivity contribution is 5.97. The first-order chi connectivity index (χ1) is 12.1. The Morgan fingerprint density at radius 3 is 2.84 bits per heavy atom. The topological polar surface area (TPSA) is 67.9 Å². The van der Waals surface area contributed by atoms with Crippen molar-refractivity contribution >= 4 is 23.2 Å². The second-order valence-electron chi connectivity index (χ2n) is 5.69. The Morgan fingerprint density at radius 1 is 1.24 bits per heavy atom. The predicted molar refractivity (Wildman–Crippen MR) is 95.1 cm³/mol. The molecule has 2 aromatic carbocycles. The summed E-state index contributed by atoms with van der Waals surface area (Å²) in [5.74, 6) is 1.20. The molecule has 1 heterocycles. The van der Waals surface area contributed by atoms with Crippen molar-refractivity contribution in [2.45, 2.75) is 12.8 Å². The number of anilines is 2. The van der Waals surface area contributed by atoms with Gasteiger partial charge in [-0.3, -0.25) is 9.59 Å². The third-order valence-electron chi connectivity index (χ3n) is 3.89. The molecular formula is C19H20N2O4. The summed E-state index contributed by atoms with van der Waals surface area (Å²) in [5, 5.41) is 2.82. The summed E-state index contributed by atoms with van der Waals surface area (Å²) < 4.78 is 11.1. The van der Waals surface area contributed by atoms with Gasteiger partial charge >= 0.3 is 0 Å². The Hall–Kier alpha value is -3.02. The Morgan fingerprint density at radius 2 is 2.04 bits per heavy atom. The van der Waals surface area contributed by atoms with Crippen LogP contribution in [0.1, 0.15) is 12.8 Å². The number of carbonyl (C=O) groups excluding carboxylic acids is 2. The van der Waals surface area contributed by atoms with Crippen molar-refractivity contribution in [2.24, 2.45) is 0 Å². The van der Waals surface area contributed by atoms with Crippen molar-refractivity contribution in [3.8, 4) is 11.5 Å². The number of rotatable bonds is 5. The average molecular weight is 340 g/mol. The molecule has 2 amide bonds. The van der Waals surface area contributed by atoms with E-state index in [9.17, 15) is 9.59 Å². The highest BCUT2D eigenvalue weighted by Gasteiger charge is 2.20. The van der Waals surface area contributed by atoms with Crippen LogP contribution in [0.4, 0.5) is 11.4 Å². The fourth-order valence-electron chi connectivity index (χ4n) is 2.53. The van der Waals surface area contributed by atoms with E-state index in [0.717, 1.165) is 5.75 Å². The Bertz CT molecular complexity index is 761. The Balaban J connectivity index is 1.58. The van der Waals surface area contributed by atoms with Gasteiger partial charge in [0.15, 0.2) is 0 Å². The van der Waals surface area contributed by atoms with E-state index in [1.807, 2.05) is 30.3 Å². The molecule has 0 spiro atoms. The van der Waals surface area contributed by atoms with Crippen LogP contribution in [-0.2, 0) is 9.59 Å². The van der Waals surface area contributed by atoms with Crippen LogP contribution >= 0.6 is 0 Å². The van der Waals surface area contributed by atoms with Crippen molar-refractivity contribution in [3.05, 3.63) is 48.5 Å². The second-order valence-corrected chi connectivity index (χ2v) is 5.69. The number of hydrogen-bond acceptors (Lipinski definition) is 4. The molecule has 6 nitrogen and oxygen atoms in total. The molecule has 0 bridgehead atoms. The molecule has 0 atom stereocenters. The van der Waals surface area contributed by atoms with Gasteiger partial charge in [-0.2, -0.15) is 0 Å². The molecule has 6 heteroatoms. The summed E-state index contributed by atoms with van der Waals surface area (Å²) >= 11 is 0. The Kier molecular flexibility index (Phi) is 5.18. The molecule has 0 unspecified atom stereocenters. The van der Waals surface area contributed by atoms with Crippen LogP contribution in [0.2, 0.25) is 0 Å². The number of amides is 2. The number of carbonyl (C=O) groups is 2. The van der Waals surface area contributed by atoms with Gasteiger partial charge in [0, 0.05) is 12.7 Å². The molecule has 0 saturated carbocycles. The normalized spacial score (nSPS) is 13.5. The summed E-state index contributed by atoms with van der Waals surface area (Å²) in [4.78, 5) is 25.6. The van der Waals surface area contributed by atoms with E-state index in [1.54, 1.807) is 30.1 Å². The van der Waals surface area contributed by atoms with Gasteiger partial charge < -0.3 is 19.7 Å². The van der Waals surface area contributed by atoms with E-state index in [0.29, 0.717) is 36.8 Å². The minimum Gasteiger partial charge on any atom is -0.493 e. The van der Waals surface area contributed by atoms with Gasteiger partial charge in [0.25, 0.3) is 0 Å². The Labute approximate surface area is 146 Å². The zero-order valence-electron chi connectivity index (χ0n) is 14.0. The van der Waals surface area contributed by atoms with Gasteiger partial charge in [-0.1, -0.05) is 18.2 Å². The summed E-state index contributed by atoms with van der Waals surface area (Å²) in [7, 11) is 1.70. The molecule has 130 valence electrons. The molecule has 0 aromatic heterocycles. The molecular weight excluding hydrogens is 320 g/mol. The fraction of sp³-hybridized carbons (Fsp3) is 0.263. The number of fused-ring (bicyclic) bond motifs is 1. The third-order valence-corrected chi connectivity index (χ3v) is 3.89. The predicted octanol–water partition coefficient (Wildman–Crippen LogP) is 2.84. The van der Waals surface area contributed by atoms with E-state index in [1.165, 1.54) is 0 Å². The first kappa shape index (κ1) is 16.8. The summed E-state index contributed by atoms with van der Waals surface area (Å²) in [6, 6.07) is 14.6. The van der Waals surface area contributed by atoms with Crippen LogP contribution in [-0.4, -0.2) is 32.1 Å². The maximum Gasteiger partial charge on any atom is 0.230 e. The molecule has 3 rings (SSSR count). The van der Waals surface area contributed by atoms with Gasteiger partial charge in [0.05, 0.1) is 31.7 Å². The molecule has 0 radical (unpaired) electrons. The molecule has 2 aromatic rings. The molecule has 1 aliphatic heterocycles. The highest BCUT2D eigenvalue weighted by Crippen LogP contribution is 2.33. The van der Waals surface area contributed by atoms with Crippen molar-refractivity contribution in [1.29, 1.82) is 0 Å². The largest absolute Gasteiger partial charge is 0.493 e. The summed E-state index contributed by atoms with van der Waals surface area (Å²) in [6.07, 6.45) is 0.570. The van der Waals surface area contributed by atoms with Crippen LogP contribution in [0.5, 0.6) is 11.5 Å². The van der Waals surface area contributed by atoms with Crippen molar-refractivity contribution in [2.75, 3.05) is 30.5 Å². The van der Waals surface area contributed by atoms with E-state index in [-0.39, 0.29) is 18.2 Å². The van der Waals surface area contributed by atoms with Crippen molar-refractivity contribution in [3.63, 3.8) is 0 Å². The first-order valence-corrected chi connectivity index (χ1v) is 8.14. The van der Waals surface area contributed by atoms with E-state index >= 15 is 0 Å².